The summed E-state index contributed by atoms with van der Waals surface area (Å²) in [6.45, 7) is 1.20. The molecule has 0 amide bonds. The number of pyridine rings is 1. The highest BCUT2D eigenvalue weighted by atomic mass is 32.2. The molecule has 0 spiro atoms. The van der Waals surface area contributed by atoms with Gasteiger partial charge >= 0.3 is 6.36 Å². The molecule has 1 fully saturated rings. The van der Waals surface area contributed by atoms with Gasteiger partial charge in [0.2, 0.25) is 9.84 Å². The molecular weight excluding hydrogens is 453 g/mol. The highest BCUT2D eigenvalue weighted by Gasteiger charge is 2.31. The van der Waals surface area contributed by atoms with Crippen molar-refractivity contribution in [3.8, 4) is 17.3 Å². The molecule has 0 aliphatic carbocycles. The summed E-state index contributed by atoms with van der Waals surface area (Å²) in [5.74, 6) is 0.108. The minimum atomic E-state index is -4.88. The molecule has 1 aliphatic heterocycles. The number of alkyl halides is 3. The van der Waals surface area contributed by atoms with Crippen LogP contribution in [0, 0.1) is 0 Å². The topological polar surface area (TPSA) is 130 Å². The van der Waals surface area contributed by atoms with E-state index in [-0.39, 0.29) is 33.0 Å². The molecule has 0 radical (unpaired) electrons. The first kappa shape index (κ1) is 22.0. The smallest absolute Gasteiger partial charge is 0.406 e. The summed E-state index contributed by atoms with van der Waals surface area (Å²) in [4.78, 5) is 7.90. The van der Waals surface area contributed by atoms with Crippen LogP contribution in [0.4, 0.5) is 18.9 Å². The van der Waals surface area contributed by atoms with Crippen LogP contribution < -0.4 is 10.5 Å². The van der Waals surface area contributed by atoms with Gasteiger partial charge in [0.25, 0.3) is 5.89 Å². The largest absolute Gasteiger partial charge is 0.573 e. The predicted octanol–water partition coefficient (Wildman–Crippen LogP) is 3.34. The average molecular weight is 470 g/mol. The van der Waals surface area contributed by atoms with Gasteiger partial charge in [-0.05, 0) is 43.2 Å². The van der Waals surface area contributed by atoms with Crippen molar-refractivity contribution in [3.05, 3.63) is 42.4 Å². The minimum Gasteiger partial charge on any atom is -0.406 e. The summed E-state index contributed by atoms with van der Waals surface area (Å²) in [6.07, 6.45) is -2.30. The number of aromatic nitrogens is 3. The van der Waals surface area contributed by atoms with E-state index in [0.29, 0.717) is 19.0 Å². The number of nitrogens with two attached hydrogens (primary N) is 1. The maximum atomic E-state index is 12.8. The lowest BCUT2D eigenvalue weighted by molar-refractivity contribution is -0.274. The number of halogens is 3. The van der Waals surface area contributed by atoms with E-state index in [1.807, 2.05) is 0 Å². The van der Waals surface area contributed by atoms with Gasteiger partial charge in [-0.25, -0.2) is 13.4 Å². The predicted molar refractivity (Wildman–Crippen MR) is 103 cm³/mol. The van der Waals surface area contributed by atoms with Crippen molar-refractivity contribution in [3.63, 3.8) is 0 Å². The zero-order valence-corrected chi connectivity index (χ0v) is 17.2. The van der Waals surface area contributed by atoms with E-state index in [1.165, 1.54) is 6.07 Å². The summed E-state index contributed by atoms with van der Waals surface area (Å²) in [6, 6.07) is 4.98. The monoisotopic (exact) mass is 470 g/mol. The number of anilines is 1. The molecule has 1 aliphatic rings. The zero-order chi connectivity index (χ0) is 22.9. The SMILES string of the molecule is Nc1cc(S(=O)(=O)c2ccc(OC(F)(F)F)cc2)cnc1-c1nc(C2CCOCC2)no1. The molecule has 3 aromatic rings. The Hall–Kier alpha value is -3.19. The summed E-state index contributed by atoms with van der Waals surface area (Å²) in [5, 5.41) is 3.96. The Morgan fingerprint density at radius 3 is 2.41 bits per heavy atom. The molecule has 0 unspecified atom stereocenters. The third-order valence-electron chi connectivity index (χ3n) is 4.80. The molecule has 13 heteroatoms. The van der Waals surface area contributed by atoms with Gasteiger partial charge in [-0.2, -0.15) is 4.98 Å². The van der Waals surface area contributed by atoms with Crippen LogP contribution in [0.2, 0.25) is 0 Å². The fraction of sp³-hybridized carbons (Fsp3) is 0.316. The molecule has 170 valence electrons. The quantitative estimate of drug-likeness (QED) is 0.596. The summed E-state index contributed by atoms with van der Waals surface area (Å²) >= 11 is 0. The van der Waals surface area contributed by atoms with E-state index in [2.05, 4.69) is 19.9 Å². The van der Waals surface area contributed by atoms with Crippen LogP contribution in [0.1, 0.15) is 24.6 Å². The van der Waals surface area contributed by atoms with Crippen LogP contribution in [0.25, 0.3) is 11.6 Å². The van der Waals surface area contributed by atoms with Gasteiger partial charge in [0.15, 0.2) is 11.5 Å². The highest BCUT2D eigenvalue weighted by Crippen LogP contribution is 2.31. The molecule has 3 heterocycles. The van der Waals surface area contributed by atoms with Crippen molar-refractivity contribution < 1.29 is 35.6 Å². The van der Waals surface area contributed by atoms with Crippen LogP contribution in [0.15, 0.2) is 50.8 Å². The second-order valence-electron chi connectivity index (χ2n) is 6.98. The summed E-state index contributed by atoms with van der Waals surface area (Å²) in [5.41, 5.74) is 6.11. The van der Waals surface area contributed by atoms with E-state index in [0.717, 1.165) is 43.3 Å². The van der Waals surface area contributed by atoms with Crippen LogP contribution in [-0.2, 0) is 14.6 Å². The van der Waals surface area contributed by atoms with E-state index >= 15 is 0 Å². The zero-order valence-electron chi connectivity index (χ0n) is 16.4. The lowest BCUT2D eigenvalue weighted by Gasteiger charge is -2.18. The van der Waals surface area contributed by atoms with Gasteiger partial charge in [-0.3, -0.25) is 0 Å². The van der Waals surface area contributed by atoms with Crippen LogP contribution in [0.5, 0.6) is 5.75 Å². The third kappa shape index (κ3) is 4.67. The van der Waals surface area contributed by atoms with E-state index in [4.69, 9.17) is 15.0 Å². The Morgan fingerprint density at radius 1 is 1.09 bits per heavy atom. The van der Waals surface area contributed by atoms with Crippen molar-refractivity contribution in [2.45, 2.75) is 34.9 Å². The van der Waals surface area contributed by atoms with E-state index < -0.39 is 21.9 Å². The second kappa shape index (κ2) is 8.39. The van der Waals surface area contributed by atoms with E-state index in [1.54, 1.807) is 0 Å². The fourth-order valence-electron chi connectivity index (χ4n) is 3.20. The molecule has 0 atom stereocenters. The molecule has 2 N–H and O–H groups in total. The van der Waals surface area contributed by atoms with Crippen molar-refractivity contribution in [1.82, 2.24) is 15.1 Å². The first-order chi connectivity index (χ1) is 15.1. The lowest BCUT2D eigenvalue weighted by Crippen LogP contribution is -2.17. The standard InChI is InChI=1S/C19H17F3N4O5S/c20-19(21,22)30-12-1-3-13(4-2-12)32(27,28)14-9-15(23)16(24-10-14)18-25-17(26-31-18)11-5-7-29-8-6-11/h1-4,9-11H,5-8,23H2. The van der Waals surface area contributed by atoms with Crippen molar-refractivity contribution in [1.29, 1.82) is 0 Å². The molecular formula is C19H17F3N4O5S. The van der Waals surface area contributed by atoms with Gasteiger partial charge in [0.1, 0.15) is 5.75 Å². The Labute approximate surface area is 180 Å². The molecule has 0 saturated carbocycles. The third-order valence-corrected chi connectivity index (χ3v) is 6.54. The number of hydrogen-bond acceptors (Lipinski definition) is 9. The first-order valence-electron chi connectivity index (χ1n) is 9.41. The van der Waals surface area contributed by atoms with Crippen LogP contribution in [-0.4, -0.2) is 43.1 Å². The van der Waals surface area contributed by atoms with Gasteiger partial charge in [-0.15, -0.1) is 13.2 Å². The molecule has 2 aromatic heterocycles. The Morgan fingerprint density at radius 2 is 1.78 bits per heavy atom. The summed E-state index contributed by atoms with van der Waals surface area (Å²) < 4.78 is 76.8. The normalized spacial score (nSPS) is 15.6. The molecule has 0 bridgehead atoms. The van der Waals surface area contributed by atoms with Gasteiger partial charge in [0, 0.05) is 25.3 Å². The lowest BCUT2D eigenvalue weighted by atomic mass is 10.00. The Kier molecular flexibility index (Phi) is 5.77. The van der Waals surface area contributed by atoms with Gasteiger partial charge in [-0.1, -0.05) is 5.16 Å². The van der Waals surface area contributed by atoms with Crippen molar-refractivity contribution in [2.75, 3.05) is 18.9 Å². The Bertz CT molecular complexity index is 1210. The van der Waals surface area contributed by atoms with Crippen molar-refractivity contribution in [2.24, 2.45) is 0 Å². The molecule has 4 rings (SSSR count). The van der Waals surface area contributed by atoms with Crippen LogP contribution >= 0.6 is 0 Å². The number of nitrogens with zero attached hydrogens (tertiary/aromatic N) is 3. The average Bonchev–Trinajstić information content (AvgIpc) is 3.23. The van der Waals surface area contributed by atoms with Crippen molar-refractivity contribution >= 4 is 15.5 Å². The molecule has 1 aromatic carbocycles. The number of ether oxygens (including phenoxy) is 2. The second-order valence-corrected chi connectivity index (χ2v) is 8.93. The Balaban J connectivity index is 1.57. The van der Waals surface area contributed by atoms with E-state index in [9.17, 15) is 21.6 Å². The highest BCUT2D eigenvalue weighted by molar-refractivity contribution is 7.91. The number of hydrogen-bond donors (Lipinski definition) is 1. The van der Waals surface area contributed by atoms with Gasteiger partial charge in [0.05, 0.1) is 15.5 Å². The maximum absolute atomic E-state index is 12.8. The molecule has 1 saturated heterocycles. The first-order valence-corrected chi connectivity index (χ1v) is 10.9. The fourth-order valence-corrected chi connectivity index (χ4v) is 4.44. The van der Waals surface area contributed by atoms with Gasteiger partial charge < -0.3 is 19.7 Å². The number of rotatable bonds is 5. The number of benzene rings is 1. The summed E-state index contributed by atoms with van der Waals surface area (Å²) in [7, 11) is -4.09. The maximum Gasteiger partial charge on any atom is 0.573 e. The number of sulfone groups is 1. The molecule has 32 heavy (non-hydrogen) atoms. The van der Waals surface area contributed by atoms with Crippen LogP contribution in [0.3, 0.4) is 0 Å². The molecule has 9 nitrogen and oxygen atoms in total. The number of nitrogen functional groups attached to an aromatic ring is 1. The minimum absolute atomic E-state index is 0.00900.